The molecule has 8 heteroatoms. The Morgan fingerprint density at radius 2 is 2.05 bits per heavy atom. The van der Waals surface area contributed by atoms with Crippen LogP contribution in [0.5, 0.6) is 5.75 Å². The standard InChI is InChI=1S/C11H14N4O3S/c1-7-5-11(15(2)13-7)14-19(17,18)8-3-4-10(16)9(12)6-8/h3-6,14,16H,12H2,1-2H3. The number of nitrogens with zero attached hydrogens (tertiary/aromatic N) is 2. The summed E-state index contributed by atoms with van der Waals surface area (Å²) in [6, 6.07) is 5.32. The summed E-state index contributed by atoms with van der Waals surface area (Å²) in [6.07, 6.45) is 0. The van der Waals surface area contributed by atoms with E-state index in [1.165, 1.54) is 22.9 Å². The minimum Gasteiger partial charge on any atom is -0.506 e. The molecule has 0 amide bonds. The maximum atomic E-state index is 12.1. The summed E-state index contributed by atoms with van der Waals surface area (Å²) < 4.78 is 28.1. The molecular weight excluding hydrogens is 268 g/mol. The Morgan fingerprint density at radius 3 is 2.58 bits per heavy atom. The SMILES string of the molecule is Cc1cc(NS(=O)(=O)c2ccc(O)c(N)c2)n(C)n1. The summed E-state index contributed by atoms with van der Waals surface area (Å²) >= 11 is 0. The van der Waals surface area contributed by atoms with E-state index < -0.39 is 10.0 Å². The van der Waals surface area contributed by atoms with Gasteiger partial charge in [0.05, 0.1) is 16.3 Å². The number of rotatable bonds is 3. The number of aromatic hydroxyl groups is 1. The van der Waals surface area contributed by atoms with Gasteiger partial charge in [0.2, 0.25) is 0 Å². The summed E-state index contributed by atoms with van der Waals surface area (Å²) in [5.41, 5.74) is 6.19. The van der Waals surface area contributed by atoms with Gasteiger partial charge in [-0.1, -0.05) is 0 Å². The molecule has 7 nitrogen and oxygen atoms in total. The molecule has 1 heterocycles. The Kier molecular flexibility index (Phi) is 3.11. The number of nitrogens with two attached hydrogens (primary N) is 1. The fourth-order valence-corrected chi connectivity index (χ4v) is 2.72. The van der Waals surface area contributed by atoms with E-state index in [0.717, 1.165) is 0 Å². The number of phenols is 1. The summed E-state index contributed by atoms with van der Waals surface area (Å²) in [4.78, 5) is -0.0262. The lowest BCUT2D eigenvalue weighted by molar-refractivity contribution is 0.477. The third-order valence-electron chi connectivity index (χ3n) is 2.55. The number of nitrogen functional groups attached to an aromatic ring is 1. The Bertz CT molecular complexity index is 722. The Balaban J connectivity index is 2.37. The van der Waals surface area contributed by atoms with Crippen LogP contribution in [0.25, 0.3) is 0 Å². The van der Waals surface area contributed by atoms with Crippen molar-refractivity contribution in [2.24, 2.45) is 7.05 Å². The number of sulfonamides is 1. The van der Waals surface area contributed by atoms with Crippen LogP contribution in [0.3, 0.4) is 0 Å². The lowest BCUT2D eigenvalue weighted by Crippen LogP contribution is -2.15. The second-order valence-electron chi connectivity index (χ2n) is 4.12. The van der Waals surface area contributed by atoms with Crippen molar-refractivity contribution in [2.45, 2.75) is 11.8 Å². The largest absolute Gasteiger partial charge is 0.506 e. The molecule has 4 N–H and O–H groups in total. The number of hydrogen-bond acceptors (Lipinski definition) is 5. The van der Waals surface area contributed by atoms with Crippen molar-refractivity contribution < 1.29 is 13.5 Å². The normalized spacial score (nSPS) is 11.5. The molecule has 1 aromatic heterocycles. The van der Waals surface area contributed by atoms with Crippen LogP contribution >= 0.6 is 0 Å². The van der Waals surface area contributed by atoms with Crippen LogP contribution in [-0.2, 0) is 17.1 Å². The number of aromatic nitrogens is 2. The van der Waals surface area contributed by atoms with Gasteiger partial charge in [0.25, 0.3) is 10.0 Å². The average Bonchev–Trinajstić information content (AvgIpc) is 2.60. The van der Waals surface area contributed by atoms with E-state index in [4.69, 9.17) is 5.73 Å². The molecule has 2 rings (SSSR count). The van der Waals surface area contributed by atoms with Crippen molar-refractivity contribution in [3.05, 3.63) is 30.0 Å². The Hall–Kier alpha value is -2.22. The molecule has 0 radical (unpaired) electrons. The minimum absolute atomic E-state index is 0.00376. The van der Waals surface area contributed by atoms with Gasteiger partial charge in [0.1, 0.15) is 11.6 Å². The molecule has 1 aromatic carbocycles. The molecule has 0 saturated heterocycles. The van der Waals surface area contributed by atoms with Gasteiger partial charge in [-0.3, -0.25) is 9.40 Å². The number of benzene rings is 1. The smallest absolute Gasteiger partial charge is 0.263 e. The van der Waals surface area contributed by atoms with Crippen molar-refractivity contribution in [1.29, 1.82) is 0 Å². The molecule has 0 unspecified atom stereocenters. The molecule has 19 heavy (non-hydrogen) atoms. The van der Waals surface area contributed by atoms with E-state index >= 15 is 0 Å². The molecule has 0 aliphatic heterocycles. The van der Waals surface area contributed by atoms with Crippen molar-refractivity contribution in [1.82, 2.24) is 9.78 Å². The molecule has 0 atom stereocenters. The molecule has 0 saturated carbocycles. The highest BCUT2D eigenvalue weighted by Crippen LogP contribution is 2.24. The average molecular weight is 282 g/mol. The number of anilines is 2. The summed E-state index contributed by atoms with van der Waals surface area (Å²) in [7, 11) is -2.13. The predicted octanol–water partition coefficient (Wildman–Crippen LogP) is 0.817. The zero-order valence-corrected chi connectivity index (χ0v) is 11.3. The zero-order chi connectivity index (χ0) is 14.2. The van der Waals surface area contributed by atoms with Crippen LogP contribution in [0.1, 0.15) is 5.69 Å². The van der Waals surface area contributed by atoms with Gasteiger partial charge in [-0.05, 0) is 25.1 Å². The van der Waals surface area contributed by atoms with E-state index in [9.17, 15) is 13.5 Å². The highest BCUT2D eigenvalue weighted by atomic mass is 32.2. The molecule has 0 fully saturated rings. The second-order valence-corrected chi connectivity index (χ2v) is 5.80. The monoisotopic (exact) mass is 282 g/mol. The lowest BCUT2D eigenvalue weighted by Gasteiger charge is -2.09. The van der Waals surface area contributed by atoms with Gasteiger partial charge < -0.3 is 10.8 Å². The number of aryl methyl sites for hydroxylation is 2. The Morgan fingerprint density at radius 1 is 1.37 bits per heavy atom. The van der Waals surface area contributed by atoms with Gasteiger partial charge in [-0.25, -0.2) is 8.42 Å². The summed E-state index contributed by atoms with van der Waals surface area (Å²) in [5, 5.41) is 13.3. The first kappa shape index (κ1) is 13.2. The topological polar surface area (TPSA) is 110 Å². The number of hydrogen-bond donors (Lipinski definition) is 3. The molecule has 2 aromatic rings. The highest BCUT2D eigenvalue weighted by molar-refractivity contribution is 7.92. The van der Waals surface area contributed by atoms with Crippen LogP contribution in [0.15, 0.2) is 29.2 Å². The van der Waals surface area contributed by atoms with Gasteiger partial charge in [-0.2, -0.15) is 5.10 Å². The molecule has 0 aliphatic carbocycles. The second kappa shape index (κ2) is 4.47. The van der Waals surface area contributed by atoms with Crippen LogP contribution < -0.4 is 10.5 Å². The molecule has 0 aliphatic rings. The van der Waals surface area contributed by atoms with Crippen molar-refractivity contribution in [2.75, 3.05) is 10.5 Å². The third-order valence-corrected chi connectivity index (χ3v) is 3.90. The molecule has 0 bridgehead atoms. The van der Waals surface area contributed by atoms with Crippen molar-refractivity contribution in [3.63, 3.8) is 0 Å². The molecule has 0 spiro atoms. The van der Waals surface area contributed by atoms with Crippen LogP contribution in [0.2, 0.25) is 0 Å². The predicted molar refractivity (Wildman–Crippen MR) is 71.3 cm³/mol. The van der Waals surface area contributed by atoms with E-state index in [1.807, 2.05) is 0 Å². The number of nitrogens with one attached hydrogen (secondary N) is 1. The molecule has 102 valence electrons. The fourth-order valence-electron chi connectivity index (χ4n) is 1.60. The van der Waals surface area contributed by atoms with Gasteiger partial charge in [-0.15, -0.1) is 0 Å². The van der Waals surface area contributed by atoms with Gasteiger partial charge in [0, 0.05) is 13.1 Å². The third kappa shape index (κ3) is 2.63. The van der Waals surface area contributed by atoms with E-state index in [2.05, 4.69) is 9.82 Å². The summed E-state index contributed by atoms with van der Waals surface area (Å²) in [6.45, 7) is 1.76. The van der Waals surface area contributed by atoms with Crippen LogP contribution in [0.4, 0.5) is 11.5 Å². The van der Waals surface area contributed by atoms with E-state index in [0.29, 0.717) is 11.5 Å². The van der Waals surface area contributed by atoms with Crippen LogP contribution in [0, 0.1) is 6.92 Å². The summed E-state index contributed by atoms with van der Waals surface area (Å²) in [5.74, 6) is 0.194. The molecular formula is C11H14N4O3S. The first-order chi connectivity index (χ1) is 8.79. The maximum Gasteiger partial charge on any atom is 0.263 e. The van der Waals surface area contributed by atoms with Gasteiger partial charge in [0.15, 0.2) is 0 Å². The highest BCUT2D eigenvalue weighted by Gasteiger charge is 2.17. The van der Waals surface area contributed by atoms with Gasteiger partial charge >= 0.3 is 0 Å². The first-order valence-corrected chi connectivity index (χ1v) is 6.90. The van der Waals surface area contributed by atoms with Crippen molar-refractivity contribution >= 4 is 21.5 Å². The van der Waals surface area contributed by atoms with E-state index in [-0.39, 0.29) is 16.3 Å². The fraction of sp³-hybridized carbons (Fsp3) is 0.182. The first-order valence-electron chi connectivity index (χ1n) is 5.41. The lowest BCUT2D eigenvalue weighted by atomic mass is 10.3. The number of phenolic OH excluding ortho intramolecular Hbond substituents is 1. The zero-order valence-electron chi connectivity index (χ0n) is 10.5. The quantitative estimate of drug-likeness (QED) is 0.570. The van der Waals surface area contributed by atoms with E-state index in [1.54, 1.807) is 20.0 Å². The van der Waals surface area contributed by atoms with Crippen LogP contribution in [-0.4, -0.2) is 23.3 Å². The van der Waals surface area contributed by atoms with Crippen molar-refractivity contribution in [3.8, 4) is 5.75 Å². The maximum absolute atomic E-state index is 12.1. The minimum atomic E-state index is -3.76. The Labute approximate surface area is 110 Å².